The normalized spacial score (nSPS) is 11.5. The summed E-state index contributed by atoms with van der Waals surface area (Å²) in [5.74, 6) is -0.519. The minimum atomic E-state index is -0.803. The molecule has 0 bridgehead atoms. The summed E-state index contributed by atoms with van der Waals surface area (Å²) in [7, 11) is 0. The Morgan fingerprint density at radius 1 is 1.09 bits per heavy atom. The molecular formula is C17H18N2O3. The van der Waals surface area contributed by atoms with Crippen LogP contribution in [0, 0.1) is 0 Å². The van der Waals surface area contributed by atoms with Gasteiger partial charge in [-0.15, -0.1) is 0 Å². The molecular weight excluding hydrogens is 280 g/mol. The summed E-state index contributed by atoms with van der Waals surface area (Å²) < 4.78 is 5.44. The minimum absolute atomic E-state index is 0.267. The van der Waals surface area contributed by atoms with Crippen LogP contribution in [0.3, 0.4) is 0 Å². The van der Waals surface area contributed by atoms with Gasteiger partial charge in [-0.1, -0.05) is 42.5 Å². The first kappa shape index (κ1) is 15.6. The van der Waals surface area contributed by atoms with Crippen molar-refractivity contribution in [3.05, 3.63) is 65.7 Å². The highest BCUT2D eigenvalue weighted by atomic mass is 16.5. The Morgan fingerprint density at radius 3 is 2.41 bits per heavy atom. The van der Waals surface area contributed by atoms with Crippen LogP contribution in [0.1, 0.15) is 22.8 Å². The lowest BCUT2D eigenvalue weighted by atomic mass is 10.1. The maximum absolute atomic E-state index is 12.3. The highest BCUT2D eigenvalue weighted by molar-refractivity contribution is 5.97. The van der Waals surface area contributed by atoms with Gasteiger partial charge in [0.05, 0.1) is 5.56 Å². The maximum atomic E-state index is 12.3. The van der Waals surface area contributed by atoms with Gasteiger partial charge in [-0.3, -0.25) is 9.59 Å². The SMILES string of the molecule is C[C@@H](Oc1ccccc1C(=O)NCc1ccccc1)C(N)=O. The van der Waals surface area contributed by atoms with Crippen molar-refractivity contribution in [3.8, 4) is 5.75 Å². The highest BCUT2D eigenvalue weighted by Gasteiger charge is 2.16. The van der Waals surface area contributed by atoms with Gasteiger partial charge in [0.1, 0.15) is 5.75 Å². The molecule has 0 aliphatic heterocycles. The summed E-state index contributed by atoms with van der Waals surface area (Å²) in [5.41, 5.74) is 6.55. The monoisotopic (exact) mass is 298 g/mol. The van der Waals surface area contributed by atoms with Crippen molar-refractivity contribution in [2.45, 2.75) is 19.6 Å². The Morgan fingerprint density at radius 2 is 1.73 bits per heavy atom. The Labute approximate surface area is 129 Å². The Balaban J connectivity index is 2.07. The van der Waals surface area contributed by atoms with Gasteiger partial charge in [-0.05, 0) is 24.6 Å². The van der Waals surface area contributed by atoms with Crippen molar-refractivity contribution < 1.29 is 14.3 Å². The van der Waals surface area contributed by atoms with Crippen molar-refractivity contribution in [2.75, 3.05) is 0 Å². The van der Waals surface area contributed by atoms with Crippen LogP contribution in [-0.4, -0.2) is 17.9 Å². The second kappa shape index (κ2) is 7.26. The fourth-order valence-corrected chi connectivity index (χ4v) is 1.88. The zero-order chi connectivity index (χ0) is 15.9. The van der Waals surface area contributed by atoms with E-state index >= 15 is 0 Å². The number of carbonyl (C=O) groups excluding carboxylic acids is 2. The zero-order valence-corrected chi connectivity index (χ0v) is 12.3. The van der Waals surface area contributed by atoms with Crippen molar-refractivity contribution in [1.82, 2.24) is 5.32 Å². The topological polar surface area (TPSA) is 81.4 Å². The molecule has 0 spiro atoms. The molecule has 5 nitrogen and oxygen atoms in total. The molecule has 114 valence electrons. The first-order valence-electron chi connectivity index (χ1n) is 6.95. The van der Waals surface area contributed by atoms with Gasteiger partial charge >= 0.3 is 0 Å². The molecule has 0 aromatic heterocycles. The van der Waals surface area contributed by atoms with Crippen molar-refractivity contribution in [3.63, 3.8) is 0 Å². The number of nitrogens with two attached hydrogens (primary N) is 1. The number of rotatable bonds is 6. The Bertz CT molecular complexity index is 656. The summed E-state index contributed by atoms with van der Waals surface area (Å²) in [5, 5.41) is 2.82. The van der Waals surface area contributed by atoms with Crippen LogP contribution in [0.25, 0.3) is 0 Å². The van der Waals surface area contributed by atoms with E-state index in [4.69, 9.17) is 10.5 Å². The molecule has 3 N–H and O–H groups in total. The predicted molar refractivity (Wildman–Crippen MR) is 83.3 cm³/mol. The standard InChI is InChI=1S/C17H18N2O3/c1-12(16(18)20)22-15-10-6-5-9-14(15)17(21)19-11-13-7-3-2-4-8-13/h2-10,12H,11H2,1H3,(H2,18,20)(H,19,21)/t12-/m1/s1. The van der Waals surface area contributed by atoms with E-state index in [1.807, 2.05) is 30.3 Å². The molecule has 0 fully saturated rings. The van der Waals surface area contributed by atoms with Crippen LogP contribution >= 0.6 is 0 Å². The summed E-state index contributed by atoms with van der Waals surface area (Å²) in [6, 6.07) is 16.3. The van der Waals surface area contributed by atoms with Crippen LogP contribution < -0.4 is 15.8 Å². The summed E-state index contributed by atoms with van der Waals surface area (Å²) in [6.07, 6.45) is -0.803. The number of primary amides is 1. The molecule has 2 aromatic carbocycles. The number of nitrogens with one attached hydrogen (secondary N) is 1. The lowest BCUT2D eigenvalue weighted by molar-refractivity contribution is -0.124. The van der Waals surface area contributed by atoms with Gasteiger partial charge in [-0.2, -0.15) is 0 Å². The number of carbonyl (C=O) groups is 2. The largest absolute Gasteiger partial charge is 0.480 e. The number of hydrogen-bond acceptors (Lipinski definition) is 3. The minimum Gasteiger partial charge on any atom is -0.480 e. The number of para-hydroxylation sites is 1. The summed E-state index contributed by atoms with van der Waals surface area (Å²) >= 11 is 0. The van der Waals surface area contributed by atoms with Gasteiger partial charge in [0.25, 0.3) is 11.8 Å². The molecule has 0 saturated heterocycles. The average Bonchev–Trinajstić information content (AvgIpc) is 2.54. The van der Waals surface area contributed by atoms with Gasteiger partial charge in [0, 0.05) is 6.54 Å². The van der Waals surface area contributed by atoms with Crippen LogP contribution in [0.2, 0.25) is 0 Å². The first-order chi connectivity index (χ1) is 10.6. The lowest BCUT2D eigenvalue weighted by Crippen LogP contribution is -2.31. The van der Waals surface area contributed by atoms with E-state index < -0.39 is 12.0 Å². The zero-order valence-electron chi connectivity index (χ0n) is 12.3. The second-order valence-corrected chi connectivity index (χ2v) is 4.83. The molecule has 2 rings (SSSR count). The lowest BCUT2D eigenvalue weighted by Gasteiger charge is -2.14. The van der Waals surface area contributed by atoms with E-state index in [2.05, 4.69) is 5.32 Å². The summed E-state index contributed by atoms with van der Waals surface area (Å²) in [4.78, 5) is 23.4. The molecule has 5 heteroatoms. The van der Waals surface area contributed by atoms with Gasteiger partial charge in [0.15, 0.2) is 6.10 Å². The van der Waals surface area contributed by atoms with Crippen molar-refractivity contribution in [2.24, 2.45) is 5.73 Å². The molecule has 2 aromatic rings. The fourth-order valence-electron chi connectivity index (χ4n) is 1.88. The fraction of sp³-hybridized carbons (Fsp3) is 0.176. The number of benzene rings is 2. The number of amides is 2. The first-order valence-corrected chi connectivity index (χ1v) is 6.95. The van der Waals surface area contributed by atoms with E-state index in [-0.39, 0.29) is 5.91 Å². The Hall–Kier alpha value is -2.82. The van der Waals surface area contributed by atoms with E-state index in [1.165, 1.54) is 0 Å². The average molecular weight is 298 g/mol. The molecule has 1 atom stereocenters. The van der Waals surface area contributed by atoms with Crippen molar-refractivity contribution >= 4 is 11.8 Å². The maximum Gasteiger partial charge on any atom is 0.258 e. The third kappa shape index (κ3) is 4.09. The quantitative estimate of drug-likeness (QED) is 0.854. The van der Waals surface area contributed by atoms with E-state index in [0.29, 0.717) is 17.9 Å². The predicted octanol–water partition coefficient (Wildman–Crippen LogP) is 1.87. The molecule has 22 heavy (non-hydrogen) atoms. The second-order valence-electron chi connectivity index (χ2n) is 4.83. The molecule has 0 heterocycles. The molecule has 0 aliphatic rings. The number of ether oxygens (including phenoxy) is 1. The van der Waals surface area contributed by atoms with Crippen LogP contribution in [0.4, 0.5) is 0 Å². The van der Waals surface area contributed by atoms with Gasteiger partial charge in [0.2, 0.25) is 0 Å². The number of hydrogen-bond donors (Lipinski definition) is 2. The molecule has 0 unspecified atom stereocenters. The van der Waals surface area contributed by atoms with Crippen LogP contribution in [0.15, 0.2) is 54.6 Å². The molecule has 0 aliphatic carbocycles. The molecule has 0 saturated carbocycles. The smallest absolute Gasteiger partial charge is 0.258 e. The van der Waals surface area contributed by atoms with Gasteiger partial charge < -0.3 is 15.8 Å². The highest BCUT2D eigenvalue weighted by Crippen LogP contribution is 2.19. The molecule has 0 radical (unpaired) electrons. The Kier molecular flexibility index (Phi) is 5.14. The van der Waals surface area contributed by atoms with Crippen molar-refractivity contribution in [1.29, 1.82) is 0 Å². The van der Waals surface area contributed by atoms with Gasteiger partial charge in [-0.25, -0.2) is 0 Å². The third-order valence-electron chi connectivity index (χ3n) is 3.13. The van der Waals surface area contributed by atoms with E-state index in [9.17, 15) is 9.59 Å². The van der Waals surface area contributed by atoms with Crippen LogP contribution in [0.5, 0.6) is 5.75 Å². The third-order valence-corrected chi connectivity index (χ3v) is 3.13. The van der Waals surface area contributed by atoms with Crippen LogP contribution in [-0.2, 0) is 11.3 Å². The van der Waals surface area contributed by atoms with E-state index in [0.717, 1.165) is 5.56 Å². The molecule has 2 amide bonds. The summed E-state index contributed by atoms with van der Waals surface area (Å²) in [6.45, 7) is 1.96. The van der Waals surface area contributed by atoms with E-state index in [1.54, 1.807) is 31.2 Å².